The summed E-state index contributed by atoms with van der Waals surface area (Å²) < 4.78 is 5.19. The molecule has 0 bridgehead atoms. The maximum atomic E-state index is 12.7. The average Bonchev–Trinajstić information content (AvgIpc) is 3.28. The predicted octanol–water partition coefficient (Wildman–Crippen LogP) is 2.16. The van der Waals surface area contributed by atoms with Gasteiger partial charge in [-0.25, -0.2) is 4.98 Å². The number of ether oxygens (including phenoxy) is 1. The van der Waals surface area contributed by atoms with Crippen LogP contribution < -0.4 is 15.0 Å². The van der Waals surface area contributed by atoms with E-state index in [1.54, 1.807) is 13.3 Å². The Morgan fingerprint density at radius 2 is 1.87 bits per heavy atom. The van der Waals surface area contributed by atoms with Crippen molar-refractivity contribution in [2.75, 3.05) is 45.2 Å². The smallest absolute Gasteiger partial charge is 0.255 e. The van der Waals surface area contributed by atoms with Gasteiger partial charge in [-0.1, -0.05) is 6.07 Å². The number of hydrogen-bond donors (Lipinski definition) is 2. The van der Waals surface area contributed by atoms with Crippen molar-refractivity contribution in [3.8, 4) is 17.0 Å². The molecule has 1 aliphatic rings. The van der Waals surface area contributed by atoms with Crippen LogP contribution in [0.5, 0.6) is 5.75 Å². The van der Waals surface area contributed by atoms with Crippen LogP contribution in [0.2, 0.25) is 0 Å². The normalized spacial score (nSPS) is 14.5. The minimum Gasteiger partial charge on any atom is -0.497 e. The summed E-state index contributed by atoms with van der Waals surface area (Å²) in [5.41, 5.74) is 3.01. The van der Waals surface area contributed by atoms with Gasteiger partial charge in [-0.05, 0) is 42.9 Å². The number of aromatic nitrogens is 3. The molecule has 8 heteroatoms. The fourth-order valence-electron chi connectivity index (χ4n) is 3.46. The lowest BCUT2D eigenvalue weighted by Crippen LogP contribution is -2.44. The van der Waals surface area contributed by atoms with Crippen LogP contribution in [0.25, 0.3) is 11.3 Å². The summed E-state index contributed by atoms with van der Waals surface area (Å²) in [6, 6.07) is 11.5. The second-order valence-corrected chi connectivity index (χ2v) is 7.38. The molecule has 3 heterocycles. The maximum Gasteiger partial charge on any atom is 0.255 e. The molecule has 0 spiro atoms. The predicted molar refractivity (Wildman–Crippen MR) is 116 cm³/mol. The van der Waals surface area contributed by atoms with Crippen molar-refractivity contribution < 1.29 is 9.53 Å². The van der Waals surface area contributed by atoms with E-state index < -0.39 is 0 Å². The molecule has 2 aromatic heterocycles. The maximum absolute atomic E-state index is 12.7. The molecule has 3 aromatic rings. The first-order chi connectivity index (χ1) is 14.6. The van der Waals surface area contributed by atoms with Crippen molar-refractivity contribution in [2.24, 2.45) is 0 Å². The minimum absolute atomic E-state index is 0.183. The Bertz CT molecular complexity index is 976. The van der Waals surface area contributed by atoms with Gasteiger partial charge in [0, 0.05) is 44.5 Å². The number of likely N-dealkylation sites (N-methyl/N-ethyl adjacent to an activating group) is 1. The average molecular weight is 406 g/mol. The van der Waals surface area contributed by atoms with Gasteiger partial charge in [-0.3, -0.25) is 9.89 Å². The number of H-pyrrole nitrogens is 1. The van der Waals surface area contributed by atoms with Crippen LogP contribution >= 0.6 is 0 Å². The molecule has 0 atom stereocenters. The molecule has 0 aliphatic carbocycles. The number of nitrogens with one attached hydrogen (secondary N) is 2. The number of carbonyl (C=O) groups excluding carboxylic acids is 1. The molecule has 1 amide bonds. The lowest BCUT2D eigenvalue weighted by Gasteiger charge is -2.33. The third-order valence-electron chi connectivity index (χ3n) is 5.35. The summed E-state index contributed by atoms with van der Waals surface area (Å²) in [5, 5.41) is 9.92. The summed E-state index contributed by atoms with van der Waals surface area (Å²) in [5.74, 6) is 1.56. The van der Waals surface area contributed by atoms with Gasteiger partial charge >= 0.3 is 0 Å². The lowest BCUT2D eigenvalue weighted by atomic mass is 10.1. The number of carbonyl (C=O) groups is 1. The van der Waals surface area contributed by atoms with E-state index >= 15 is 0 Å². The first kappa shape index (κ1) is 19.9. The van der Waals surface area contributed by atoms with Gasteiger partial charge in [0.15, 0.2) is 0 Å². The zero-order valence-corrected chi connectivity index (χ0v) is 17.3. The first-order valence-corrected chi connectivity index (χ1v) is 9.98. The number of aromatic amines is 1. The standard InChI is InChI=1S/C22H26N6O2/c1-27-9-11-28(12-10-27)20-8-3-16(13-23-20)14-24-22(29)19-15-25-26-21(19)17-4-6-18(30-2)7-5-17/h3-8,13,15H,9-12,14H2,1-2H3,(H,24,29)(H,25,26). The monoisotopic (exact) mass is 406 g/mol. The fraction of sp³-hybridized carbons (Fsp3) is 0.318. The van der Waals surface area contributed by atoms with Gasteiger partial charge in [-0.15, -0.1) is 0 Å². The van der Waals surface area contributed by atoms with Gasteiger partial charge in [0.2, 0.25) is 0 Å². The molecule has 156 valence electrons. The molecule has 8 nitrogen and oxygen atoms in total. The van der Waals surface area contributed by atoms with E-state index in [-0.39, 0.29) is 5.91 Å². The van der Waals surface area contributed by atoms with Crippen LogP contribution in [0.1, 0.15) is 15.9 Å². The summed E-state index contributed by atoms with van der Waals surface area (Å²) in [6.45, 7) is 4.45. The number of piperazine rings is 1. The van der Waals surface area contributed by atoms with E-state index in [0.29, 0.717) is 17.8 Å². The second-order valence-electron chi connectivity index (χ2n) is 7.38. The summed E-state index contributed by atoms with van der Waals surface area (Å²) in [7, 11) is 3.76. The fourth-order valence-corrected chi connectivity index (χ4v) is 3.46. The van der Waals surface area contributed by atoms with E-state index in [1.807, 2.05) is 42.6 Å². The SMILES string of the molecule is COc1ccc(-c2[nH]ncc2C(=O)NCc2ccc(N3CCN(C)CC3)nc2)cc1. The van der Waals surface area contributed by atoms with Crippen LogP contribution in [0.3, 0.4) is 0 Å². The number of amides is 1. The number of pyridine rings is 1. The topological polar surface area (TPSA) is 86.4 Å². The third-order valence-corrected chi connectivity index (χ3v) is 5.35. The Hall–Kier alpha value is -3.39. The van der Waals surface area contributed by atoms with Crippen LogP contribution in [0, 0.1) is 0 Å². The number of benzene rings is 1. The van der Waals surface area contributed by atoms with E-state index in [1.165, 1.54) is 0 Å². The molecule has 0 unspecified atom stereocenters. The van der Waals surface area contributed by atoms with E-state index in [2.05, 4.69) is 37.3 Å². The summed E-state index contributed by atoms with van der Waals surface area (Å²) >= 11 is 0. The molecule has 0 saturated carbocycles. The third kappa shape index (κ3) is 4.44. The molecule has 1 fully saturated rings. The van der Waals surface area contributed by atoms with Crippen molar-refractivity contribution >= 4 is 11.7 Å². The van der Waals surface area contributed by atoms with Gasteiger partial charge in [-0.2, -0.15) is 5.10 Å². The van der Waals surface area contributed by atoms with Crippen molar-refractivity contribution in [3.05, 3.63) is 59.9 Å². The molecule has 4 rings (SSSR count). The summed E-state index contributed by atoms with van der Waals surface area (Å²) in [4.78, 5) is 21.9. The molecule has 0 radical (unpaired) electrons. The number of anilines is 1. The Morgan fingerprint density at radius 1 is 1.10 bits per heavy atom. The van der Waals surface area contributed by atoms with Crippen LogP contribution in [-0.4, -0.2) is 66.3 Å². The van der Waals surface area contributed by atoms with Gasteiger partial charge < -0.3 is 19.9 Å². The quantitative estimate of drug-likeness (QED) is 0.653. The highest BCUT2D eigenvalue weighted by Crippen LogP contribution is 2.23. The van der Waals surface area contributed by atoms with Crippen molar-refractivity contribution in [1.29, 1.82) is 0 Å². The number of rotatable bonds is 6. The molecule has 30 heavy (non-hydrogen) atoms. The largest absolute Gasteiger partial charge is 0.497 e. The number of methoxy groups -OCH3 is 1. The zero-order chi connectivity index (χ0) is 20.9. The number of hydrogen-bond acceptors (Lipinski definition) is 6. The van der Waals surface area contributed by atoms with Crippen LogP contribution in [0.4, 0.5) is 5.82 Å². The molecular weight excluding hydrogens is 380 g/mol. The minimum atomic E-state index is -0.183. The Balaban J connectivity index is 1.37. The zero-order valence-electron chi connectivity index (χ0n) is 17.3. The second kappa shape index (κ2) is 8.96. The molecule has 1 saturated heterocycles. The van der Waals surface area contributed by atoms with Crippen molar-refractivity contribution in [1.82, 2.24) is 25.4 Å². The Labute approximate surface area is 175 Å². The van der Waals surface area contributed by atoms with E-state index in [9.17, 15) is 4.79 Å². The van der Waals surface area contributed by atoms with Crippen molar-refractivity contribution in [2.45, 2.75) is 6.54 Å². The van der Waals surface area contributed by atoms with Crippen LogP contribution in [0.15, 0.2) is 48.8 Å². The van der Waals surface area contributed by atoms with Gasteiger partial charge in [0.25, 0.3) is 5.91 Å². The van der Waals surface area contributed by atoms with Gasteiger partial charge in [0.05, 0.1) is 24.6 Å². The van der Waals surface area contributed by atoms with E-state index in [4.69, 9.17) is 4.74 Å². The Kier molecular flexibility index (Phi) is 5.94. The molecular formula is C22H26N6O2. The highest BCUT2D eigenvalue weighted by atomic mass is 16.5. The van der Waals surface area contributed by atoms with Gasteiger partial charge in [0.1, 0.15) is 11.6 Å². The molecule has 1 aliphatic heterocycles. The molecule has 2 N–H and O–H groups in total. The van der Waals surface area contributed by atoms with E-state index in [0.717, 1.165) is 48.9 Å². The first-order valence-electron chi connectivity index (χ1n) is 9.98. The summed E-state index contributed by atoms with van der Waals surface area (Å²) in [6.07, 6.45) is 3.37. The Morgan fingerprint density at radius 3 is 2.53 bits per heavy atom. The number of nitrogens with zero attached hydrogens (tertiary/aromatic N) is 4. The highest BCUT2D eigenvalue weighted by Gasteiger charge is 2.17. The molecule has 1 aromatic carbocycles. The highest BCUT2D eigenvalue weighted by molar-refractivity contribution is 5.99. The van der Waals surface area contributed by atoms with Crippen molar-refractivity contribution in [3.63, 3.8) is 0 Å². The lowest BCUT2D eigenvalue weighted by molar-refractivity contribution is 0.0951. The van der Waals surface area contributed by atoms with Crippen LogP contribution in [-0.2, 0) is 6.54 Å².